The SMILES string of the molecule is CCCCCCCCCCCCCCCCNc1cc(C)c(C#N)c2nc3ccccc3n12. The number of aryl methyl sites for hydroxylation is 1. The predicted molar refractivity (Wildman–Crippen MR) is 141 cm³/mol. The Morgan fingerprint density at radius 3 is 2.03 bits per heavy atom. The first-order valence-corrected chi connectivity index (χ1v) is 13.3. The van der Waals surface area contributed by atoms with E-state index < -0.39 is 0 Å². The lowest BCUT2D eigenvalue weighted by Gasteiger charge is -2.12. The molecular formula is C29H42N4. The first-order valence-electron chi connectivity index (χ1n) is 13.3. The second-order valence-corrected chi connectivity index (χ2v) is 9.48. The topological polar surface area (TPSA) is 53.1 Å². The summed E-state index contributed by atoms with van der Waals surface area (Å²) in [4.78, 5) is 4.73. The van der Waals surface area contributed by atoms with Gasteiger partial charge >= 0.3 is 0 Å². The number of hydrogen-bond donors (Lipinski definition) is 1. The van der Waals surface area contributed by atoms with Gasteiger partial charge in [-0.3, -0.25) is 4.40 Å². The fourth-order valence-electron chi connectivity index (χ4n) is 4.76. The molecule has 0 aliphatic rings. The summed E-state index contributed by atoms with van der Waals surface area (Å²) >= 11 is 0. The minimum absolute atomic E-state index is 0.660. The van der Waals surface area contributed by atoms with Gasteiger partial charge in [0.15, 0.2) is 5.65 Å². The van der Waals surface area contributed by atoms with Crippen molar-refractivity contribution in [1.29, 1.82) is 5.26 Å². The smallest absolute Gasteiger partial charge is 0.157 e. The van der Waals surface area contributed by atoms with Gasteiger partial charge in [-0.25, -0.2) is 4.98 Å². The van der Waals surface area contributed by atoms with Gasteiger partial charge in [-0.1, -0.05) is 103 Å². The van der Waals surface area contributed by atoms with Gasteiger partial charge in [0.2, 0.25) is 0 Å². The number of aromatic nitrogens is 2. The van der Waals surface area contributed by atoms with E-state index in [1.807, 2.05) is 25.1 Å². The van der Waals surface area contributed by atoms with E-state index in [0.717, 1.165) is 34.6 Å². The number of imidazole rings is 1. The molecule has 2 aromatic heterocycles. The van der Waals surface area contributed by atoms with Crippen LogP contribution in [-0.2, 0) is 0 Å². The first-order chi connectivity index (χ1) is 16.3. The molecule has 0 saturated carbocycles. The molecule has 4 heteroatoms. The number of benzene rings is 1. The lowest BCUT2D eigenvalue weighted by Crippen LogP contribution is -2.07. The normalized spacial score (nSPS) is 11.3. The van der Waals surface area contributed by atoms with E-state index in [0.29, 0.717) is 5.56 Å². The van der Waals surface area contributed by atoms with Crippen LogP contribution in [0.5, 0.6) is 0 Å². The molecule has 0 aliphatic carbocycles. The highest BCUT2D eigenvalue weighted by Gasteiger charge is 2.14. The van der Waals surface area contributed by atoms with E-state index in [1.165, 1.54) is 89.9 Å². The molecule has 0 amide bonds. The largest absolute Gasteiger partial charge is 0.371 e. The molecule has 0 radical (unpaired) electrons. The number of unbranched alkanes of at least 4 members (excludes halogenated alkanes) is 13. The Labute approximate surface area is 200 Å². The van der Waals surface area contributed by atoms with Crippen molar-refractivity contribution in [2.75, 3.05) is 11.9 Å². The summed E-state index contributed by atoms with van der Waals surface area (Å²) in [6.07, 6.45) is 19.3. The van der Waals surface area contributed by atoms with E-state index in [2.05, 4.69) is 34.8 Å². The van der Waals surface area contributed by atoms with Crippen LogP contribution in [0.2, 0.25) is 0 Å². The molecule has 0 spiro atoms. The van der Waals surface area contributed by atoms with Crippen LogP contribution in [0.1, 0.15) is 108 Å². The maximum absolute atomic E-state index is 9.63. The summed E-state index contributed by atoms with van der Waals surface area (Å²) in [5, 5.41) is 13.2. The van der Waals surface area contributed by atoms with Crippen LogP contribution < -0.4 is 5.32 Å². The number of nitrogens with zero attached hydrogens (tertiary/aromatic N) is 3. The third-order valence-corrected chi connectivity index (χ3v) is 6.72. The molecule has 0 fully saturated rings. The molecule has 2 heterocycles. The Hall–Kier alpha value is -2.54. The van der Waals surface area contributed by atoms with Gasteiger partial charge in [-0.15, -0.1) is 0 Å². The van der Waals surface area contributed by atoms with Gasteiger partial charge < -0.3 is 5.32 Å². The van der Waals surface area contributed by atoms with Crippen LogP contribution in [-0.4, -0.2) is 15.9 Å². The zero-order chi connectivity index (χ0) is 23.3. The molecule has 3 rings (SSSR count). The number of pyridine rings is 1. The highest BCUT2D eigenvalue weighted by Crippen LogP contribution is 2.26. The number of nitriles is 1. The predicted octanol–water partition coefficient (Wildman–Crippen LogP) is 8.56. The van der Waals surface area contributed by atoms with Crippen molar-refractivity contribution in [3.8, 4) is 6.07 Å². The van der Waals surface area contributed by atoms with Gasteiger partial charge in [0, 0.05) is 6.54 Å². The molecule has 0 atom stereocenters. The van der Waals surface area contributed by atoms with Gasteiger partial charge in [0.1, 0.15) is 11.9 Å². The molecule has 1 N–H and O–H groups in total. The van der Waals surface area contributed by atoms with Crippen LogP contribution >= 0.6 is 0 Å². The van der Waals surface area contributed by atoms with Crippen LogP contribution in [0.15, 0.2) is 30.3 Å². The summed E-state index contributed by atoms with van der Waals surface area (Å²) in [6, 6.07) is 12.5. The number of hydrogen-bond acceptors (Lipinski definition) is 3. The van der Waals surface area contributed by atoms with Crippen molar-refractivity contribution in [3.63, 3.8) is 0 Å². The molecule has 33 heavy (non-hydrogen) atoms. The second-order valence-electron chi connectivity index (χ2n) is 9.48. The minimum atomic E-state index is 0.660. The molecule has 1 aromatic carbocycles. The monoisotopic (exact) mass is 446 g/mol. The average Bonchev–Trinajstić information content (AvgIpc) is 3.21. The molecule has 3 aromatic rings. The highest BCUT2D eigenvalue weighted by atomic mass is 15.1. The van der Waals surface area contributed by atoms with Crippen molar-refractivity contribution in [2.24, 2.45) is 0 Å². The lowest BCUT2D eigenvalue weighted by atomic mass is 10.0. The molecule has 178 valence electrons. The van der Waals surface area contributed by atoms with Crippen molar-refractivity contribution in [3.05, 3.63) is 41.5 Å². The molecule has 4 nitrogen and oxygen atoms in total. The Balaban J connectivity index is 1.35. The summed E-state index contributed by atoms with van der Waals surface area (Å²) < 4.78 is 2.10. The number of rotatable bonds is 16. The first kappa shape index (κ1) is 25.1. The zero-order valence-electron chi connectivity index (χ0n) is 20.8. The molecule has 0 aliphatic heterocycles. The van der Waals surface area contributed by atoms with E-state index in [1.54, 1.807) is 0 Å². The fourth-order valence-corrected chi connectivity index (χ4v) is 4.76. The maximum atomic E-state index is 9.63. The van der Waals surface area contributed by atoms with Crippen molar-refractivity contribution in [2.45, 2.75) is 104 Å². The van der Waals surface area contributed by atoms with Crippen molar-refractivity contribution < 1.29 is 0 Å². The standard InChI is InChI=1S/C29H42N4/c1-3-4-5-6-7-8-9-10-11-12-13-14-15-18-21-31-28-22-24(2)25(23-30)29-32-26-19-16-17-20-27(26)33(28)29/h16-17,19-20,22,31H,3-15,18,21H2,1-2H3. The van der Waals surface area contributed by atoms with Gasteiger partial charge in [-0.05, 0) is 37.1 Å². The average molecular weight is 447 g/mol. The fraction of sp³-hybridized carbons (Fsp3) is 0.586. The van der Waals surface area contributed by atoms with Crippen LogP contribution in [0.3, 0.4) is 0 Å². The van der Waals surface area contributed by atoms with Crippen molar-refractivity contribution >= 4 is 22.5 Å². The van der Waals surface area contributed by atoms with E-state index in [-0.39, 0.29) is 0 Å². The van der Waals surface area contributed by atoms with Gasteiger partial charge in [0.25, 0.3) is 0 Å². The van der Waals surface area contributed by atoms with E-state index in [9.17, 15) is 5.26 Å². The molecule has 0 bridgehead atoms. The summed E-state index contributed by atoms with van der Waals surface area (Å²) in [5.41, 5.74) is 4.37. The van der Waals surface area contributed by atoms with Crippen molar-refractivity contribution in [1.82, 2.24) is 9.38 Å². The Bertz CT molecular complexity index is 1030. The summed E-state index contributed by atoms with van der Waals surface area (Å²) in [6.45, 7) is 5.23. The number of para-hydroxylation sites is 2. The number of fused-ring (bicyclic) bond motifs is 3. The summed E-state index contributed by atoms with van der Waals surface area (Å²) in [5.74, 6) is 1.03. The zero-order valence-corrected chi connectivity index (χ0v) is 20.8. The Morgan fingerprint density at radius 1 is 0.848 bits per heavy atom. The number of nitrogens with one attached hydrogen (secondary N) is 1. The number of anilines is 1. The van der Waals surface area contributed by atoms with Gasteiger partial charge in [-0.2, -0.15) is 5.26 Å². The van der Waals surface area contributed by atoms with Crippen LogP contribution in [0, 0.1) is 18.3 Å². The lowest BCUT2D eigenvalue weighted by molar-refractivity contribution is 0.537. The molecule has 0 unspecified atom stereocenters. The highest BCUT2D eigenvalue weighted by molar-refractivity contribution is 5.85. The van der Waals surface area contributed by atoms with Crippen LogP contribution in [0.4, 0.5) is 5.82 Å². The minimum Gasteiger partial charge on any atom is -0.371 e. The maximum Gasteiger partial charge on any atom is 0.157 e. The molecular weight excluding hydrogens is 404 g/mol. The van der Waals surface area contributed by atoms with Crippen LogP contribution in [0.25, 0.3) is 16.7 Å². The van der Waals surface area contributed by atoms with E-state index >= 15 is 0 Å². The quantitative estimate of drug-likeness (QED) is 0.224. The second kappa shape index (κ2) is 13.9. The summed E-state index contributed by atoms with van der Waals surface area (Å²) in [7, 11) is 0. The van der Waals surface area contributed by atoms with Gasteiger partial charge in [0.05, 0.1) is 16.6 Å². The third kappa shape index (κ3) is 7.22. The molecule has 0 saturated heterocycles. The third-order valence-electron chi connectivity index (χ3n) is 6.72. The van der Waals surface area contributed by atoms with E-state index in [4.69, 9.17) is 4.98 Å². The Kier molecular flexibility index (Phi) is 10.6. The Morgan fingerprint density at radius 2 is 1.42 bits per heavy atom.